The molecule has 4 fully saturated rings. The molecule has 3 heterocycles. The Kier molecular flexibility index (Phi) is 7.92. The number of aliphatic imine (C=N–C) groups is 1. The van der Waals surface area contributed by atoms with Gasteiger partial charge in [-0.2, -0.15) is 0 Å². The average Bonchev–Trinajstić information content (AvgIpc) is 3.28. The highest BCUT2D eigenvalue weighted by Crippen LogP contribution is 2.37. The monoisotopic (exact) mass is 525 g/mol. The summed E-state index contributed by atoms with van der Waals surface area (Å²) in [6, 6.07) is 0.525. The van der Waals surface area contributed by atoms with Crippen LogP contribution < -0.4 is 5.32 Å². The van der Waals surface area contributed by atoms with Crippen molar-refractivity contribution in [3.8, 4) is 0 Å². The molecular formula is C20H36IN3O3S. The highest BCUT2D eigenvalue weighted by molar-refractivity contribution is 14.0. The van der Waals surface area contributed by atoms with Crippen LogP contribution >= 0.6 is 24.0 Å². The Balaban J connectivity index is 0.00000225. The van der Waals surface area contributed by atoms with Crippen LogP contribution in [0.1, 0.15) is 57.8 Å². The number of piperidine rings is 1. The van der Waals surface area contributed by atoms with E-state index in [1.165, 1.54) is 44.9 Å². The van der Waals surface area contributed by atoms with E-state index in [2.05, 4.69) is 10.2 Å². The minimum Gasteiger partial charge on any atom is -0.381 e. The molecule has 2 atom stereocenters. The third kappa shape index (κ3) is 5.74. The number of halogens is 1. The van der Waals surface area contributed by atoms with E-state index in [9.17, 15) is 8.42 Å². The van der Waals surface area contributed by atoms with Crippen molar-refractivity contribution in [3.63, 3.8) is 0 Å². The van der Waals surface area contributed by atoms with E-state index < -0.39 is 9.84 Å². The van der Waals surface area contributed by atoms with Crippen LogP contribution in [-0.2, 0) is 14.6 Å². The maximum Gasteiger partial charge on any atom is 0.194 e. The number of ether oxygens (including phenoxy) is 1. The molecule has 2 unspecified atom stereocenters. The van der Waals surface area contributed by atoms with E-state index in [1.54, 1.807) is 0 Å². The fraction of sp³-hybridized carbons (Fsp3) is 0.950. The molecular weight excluding hydrogens is 489 g/mol. The van der Waals surface area contributed by atoms with Gasteiger partial charge in [0.25, 0.3) is 0 Å². The minimum atomic E-state index is -2.83. The average molecular weight is 525 g/mol. The van der Waals surface area contributed by atoms with Crippen molar-refractivity contribution in [1.82, 2.24) is 10.2 Å². The third-order valence-electron chi connectivity index (χ3n) is 6.88. The van der Waals surface area contributed by atoms with Crippen LogP contribution in [0.15, 0.2) is 4.99 Å². The first-order valence-electron chi connectivity index (χ1n) is 10.9. The molecule has 162 valence electrons. The van der Waals surface area contributed by atoms with Gasteiger partial charge in [-0.15, -0.1) is 24.0 Å². The molecule has 0 amide bonds. The molecule has 0 radical (unpaired) electrons. The van der Waals surface area contributed by atoms with Gasteiger partial charge in [-0.1, -0.05) is 12.8 Å². The van der Waals surface area contributed by atoms with Crippen LogP contribution in [0.4, 0.5) is 0 Å². The molecule has 3 saturated heterocycles. The highest BCUT2D eigenvalue weighted by Gasteiger charge is 2.38. The fourth-order valence-corrected chi connectivity index (χ4v) is 7.19. The zero-order valence-corrected chi connectivity index (χ0v) is 20.1. The highest BCUT2D eigenvalue weighted by atomic mass is 127. The summed E-state index contributed by atoms with van der Waals surface area (Å²) in [6.45, 7) is 4.48. The Morgan fingerprint density at radius 2 is 1.93 bits per heavy atom. The van der Waals surface area contributed by atoms with E-state index in [-0.39, 0.29) is 35.3 Å². The molecule has 6 nitrogen and oxygen atoms in total. The normalized spacial score (nSPS) is 33.8. The van der Waals surface area contributed by atoms with Crippen LogP contribution in [0.2, 0.25) is 0 Å². The summed E-state index contributed by atoms with van der Waals surface area (Å²) in [7, 11) is -2.83. The zero-order valence-electron chi connectivity index (χ0n) is 16.9. The molecule has 0 aromatic carbocycles. The molecule has 1 aliphatic carbocycles. The number of nitrogens with zero attached hydrogens (tertiary/aromatic N) is 2. The fourth-order valence-electron chi connectivity index (χ4n) is 5.34. The molecule has 0 aromatic heterocycles. The Labute approximate surface area is 187 Å². The van der Waals surface area contributed by atoms with Gasteiger partial charge in [-0.05, 0) is 50.9 Å². The van der Waals surface area contributed by atoms with Gasteiger partial charge >= 0.3 is 0 Å². The number of guanidine groups is 1. The van der Waals surface area contributed by atoms with Gasteiger partial charge < -0.3 is 15.0 Å². The van der Waals surface area contributed by atoms with Gasteiger partial charge in [0.15, 0.2) is 15.8 Å². The summed E-state index contributed by atoms with van der Waals surface area (Å²) in [6.07, 6.45) is 10.6. The second kappa shape index (κ2) is 9.81. The van der Waals surface area contributed by atoms with Crippen LogP contribution in [-0.4, -0.2) is 69.7 Å². The van der Waals surface area contributed by atoms with Crippen LogP contribution in [0.3, 0.4) is 0 Å². The summed E-state index contributed by atoms with van der Waals surface area (Å²) in [5.74, 6) is 1.86. The number of hydrogen-bond donors (Lipinski definition) is 1. The standard InChI is InChI=1S/C20H35N3O3S.HI/c24-27(25)12-7-17(14-27)13-21-19(22-18-5-1-2-6-18)23-10-3-8-20(15-23)9-4-11-26-16-20;/h17-18H,1-16H2,(H,21,22);1H. The Morgan fingerprint density at radius 3 is 2.61 bits per heavy atom. The first-order valence-corrected chi connectivity index (χ1v) is 12.7. The van der Waals surface area contributed by atoms with Crippen molar-refractivity contribution < 1.29 is 13.2 Å². The molecule has 1 spiro atoms. The predicted octanol–water partition coefficient (Wildman–Crippen LogP) is 2.82. The van der Waals surface area contributed by atoms with E-state index in [0.29, 0.717) is 24.1 Å². The van der Waals surface area contributed by atoms with Crippen molar-refractivity contribution >= 4 is 39.8 Å². The molecule has 4 aliphatic rings. The summed E-state index contributed by atoms with van der Waals surface area (Å²) in [5.41, 5.74) is 0.283. The van der Waals surface area contributed by atoms with E-state index in [1.807, 2.05) is 0 Å². The molecule has 0 aromatic rings. The maximum atomic E-state index is 11.8. The SMILES string of the molecule is I.O=S1(=O)CCC(CN=C(NC2CCCC2)N2CCCC3(CCCOC3)C2)C1. The van der Waals surface area contributed by atoms with Crippen molar-refractivity contribution in [3.05, 3.63) is 0 Å². The van der Waals surface area contributed by atoms with Crippen LogP contribution in [0, 0.1) is 11.3 Å². The van der Waals surface area contributed by atoms with E-state index in [4.69, 9.17) is 9.73 Å². The Bertz CT molecular complexity index is 638. The van der Waals surface area contributed by atoms with Crippen LogP contribution in [0.25, 0.3) is 0 Å². The third-order valence-corrected chi connectivity index (χ3v) is 8.72. The quantitative estimate of drug-likeness (QED) is 0.349. The first-order chi connectivity index (χ1) is 13.0. The van der Waals surface area contributed by atoms with E-state index in [0.717, 1.165) is 45.1 Å². The molecule has 4 rings (SSSR count). The predicted molar refractivity (Wildman–Crippen MR) is 123 cm³/mol. The van der Waals surface area contributed by atoms with Crippen LogP contribution in [0.5, 0.6) is 0 Å². The maximum absolute atomic E-state index is 11.8. The van der Waals surface area contributed by atoms with Gasteiger partial charge in [0.2, 0.25) is 0 Å². The lowest BCUT2D eigenvalue weighted by Gasteiger charge is -2.46. The van der Waals surface area contributed by atoms with E-state index >= 15 is 0 Å². The number of sulfone groups is 1. The minimum absolute atomic E-state index is 0. The molecule has 8 heteroatoms. The molecule has 0 bridgehead atoms. The molecule has 1 saturated carbocycles. The van der Waals surface area contributed by atoms with Gasteiger partial charge in [-0.25, -0.2) is 8.42 Å². The largest absolute Gasteiger partial charge is 0.381 e. The van der Waals surface area contributed by atoms with Crippen molar-refractivity contribution in [2.24, 2.45) is 16.3 Å². The van der Waals surface area contributed by atoms with Crippen molar-refractivity contribution in [1.29, 1.82) is 0 Å². The van der Waals surface area contributed by atoms with Gasteiger partial charge in [0.05, 0.1) is 18.1 Å². The lowest BCUT2D eigenvalue weighted by atomic mass is 9.76. The van der Waals surface area contributed by atoms with Crippen molar-refractivity contribution in [2.75, 3.05) is 44.4 Å². The molecule has 3 aliphatic heterocycles. The Morgan fingerprint density at radius 1 is 1.14 bits per heavy atom. The summed E-state index contributed by atoms with van der Waals surface area (Å²) in [5, 5.41) is 3.74. The molecule has 28 heavy (non-hydrogen) atoms. The first kappa shape index (κ1) is 22.6. The lowest BCUT2D eigenvalue weighted by molar-refractivity contribution is -0.0371. The number of likely N-dealkylation sites (tertiary alicyclic amines) is 1. The summed E-state index contributed by atoms with van der Waals surface area (Å²) < 4.78 is 29.4. The smallest absolute Gasteiger partial charge is 0.194 e. The number of nitrogens with one attached hydrogen (secondary N) is 1. The Hall–Kier alpha value is -0.0900. The van der Waals surface area contributed by atoms with Crippen molar-refractivity contribution in [2.45, 2.75) is 63.8 Å². The van der Waals surface area contributed by atoms with Gasteiger partial charge in [-0.3, -0.25) is 4.99 Å². The van der Waals surface area contributed by atoms with Gasteiger partial charge in [0, 0.05) is 37.7 Å². The number of hydrogen-bond acceptors (Lipinski definition) is 4. The second-order valence-electron chi connectivity index (χ2n) is 9.24. The zero-order chi connectivity index (χ0) is 18.7. The van der Waals surface area contributed by atoms with Gasteiger partial charge in [0.1, 0.15) is 0 Å². The summed E-state index contributed by atoms with van der Waals surface area (Å²) >= 11 is 0. The lowest BCUT2D eigenvalue weighted by Crippen LogP contribution is -2.54. The number of rotatable bonds is 3. The second-order valence-corrected chi connectivity index (χ2v) is 11.5. The summed E-state index contributed by atoms with van der Waals surface area (Å²) in [4.78, 5) is 7.41. The topological polar surface area (TPSA) is 71.0 Å². The molecule has 1 N–H and O–H groups in total.